The zero-order valence-corrected chi connectivity index (χ0v) is 17.8. The molecule has 2 heterocycles. The number of fused-ring (bicyclic) bond motifs is 1. The fraction of sp³-hybridized carbons (Fsp3) is 0.240. The highest BCUT2D eigenvalue weighted by atomic mass is 16.5. The molecule has 0 atom stereocenters. The summed E-state index contributed by atoms with van der Waals surface area (Å²) in [6.45, 7) is 8.11. The third kappa shape index (κ3) is 3.36. The molecule has 0 saturated carbocycles. The highest BCUT2D eigenvalue weighted by Crippen LogP contribution is 2.41. The summed E-state index contributed by atoms with van der Waals surface area (Å²) in [6, 6.07) is 15.2. The molecule has 2 aromatic heterocycles. The number of hydrogen-bond acceptors (Lipinski definition) is 4. The molecule has 0 spiro atoms. The van der Waals surface area contributed by atoms with Gasteiger partial charge in [-0.25, -0.2) is 4.79 Å². The average molecular weight is 403 g/mol. The molecule has 0 radical (unpaired) electrons. The number of nitrogens with one attached hydrogen (secondary N) is 1. The fourth-order valence-electron chi connectivity index (χ4n) is 3.72. The first-order valence-corrected chi connectivity index (χ1v) is 9.84. The van der Waals surface area contributed by atoms with Crippen molar-refractivity contribution in [2.45, 2.75) is 33.1 Å². The van der Waals surface area contributed by atoms with Crippen LogP contribution in [0.4, 0.5) is 0 Å². The maximum Gasteiger partial charge on any atom is 0.347 e. The highest BCUT2D eigenvalue weighted by molar-refractivity contribution is 6.05. The van der Waals surface area contributed by atoms with Crippen LogP contribution < -0.4 is 10.4 Å². The van der Waals surface area contributed by atoms with Gasteiger partial charge in [0.1, 0.15) is 22.8 Å². The first-order chi connectivity index (χ1) is 14.2. The van der Waals surface area contributed by atoms with Crippen molar-refractivity contribution in [3.63, 3.8) is 0 Å². The molecule has 0 bridgehead atoms. The Kier molecular flexibility index (Phi) is 4.69. The summed E-state index contributed by atoms with van der Waals surface area (Å²) in [5.74, 6) is 1.01. The number of methoxy groups -OCH3 is 1. The third-order valence-electron chi connectivity index (χ3n) is 5.35. The Morgan fingerprint density at radius 1 is 1.00 bits per heavy atom. The van der Waals surface area contributed by atoms with Crippen molar-refractivity contribution in [3.05, 3.63) is 70.3 Å². The third-order valence-corrected chi connectivity index (χ3v) is 5.35. The van der Waals surface area contributed by atoms with Crippen molar-refractivity contribution < 1.29 is 14.3 Å². The first kappa shape index (κ1) is 19.8. The van der Waals surface area contributed by atoms with Gasteiger partial charge in [-0.1, -0.05) is 32.9 Å². The average Bonchev–Trinajstić information content (AvgIpc) is 3.05. The lowest BCUT2D eigenvalue weighted by atomic mass is 9.86. The highest BCUT2D eigenvalue weighted by Gasteiger charge is 2.23. The van der Waals surface area contributed by atoms with Gasteiger partial charge < -0.3 is 19.2 Å². The van der Waals surface area contributed by atoms with Crippen molar-refractivity contribution in [1.82, 2.24) is 4.98 Å². The molecule has 30 heavy (non-hydrogen) atoms. The van der Waals surface area contributed by atoms with Gasteiger partial charge in [0.25, 0.3) is 0 Å². The van der Waals surface area contributed by atoms with Gasteiger partial charge in [-0.05, 0) is 53.8 Å². The number of H-pyrrole nitrogens is 1. The summed E-state index contributed by atoms with van der Waals surface area (Å²) in [4.78, 5) is 16.2. The topological polar surface area (TPSA) is 75.5 Å². The number of aromatic nitrogens is 1. The van der Waals surface area contributed by atoms with Gasteiger partial charge in [0.05, 0.1) is 12.8 Å². The van der Waals surface area contributed by atoms with Gasteiger partial charge in [-0.15, -0.1) is 0 Å². The van der Waals surface area contributed by atoms with Crippen LogP contribution in [0.15, 0.2) is 57.7 Å². The van der Waals surface area contributed by atoms with E-state index in [1.165, 1.54) is 11.6 Å². The molecule has 0 aliphatic rings. The second-order valence-electron chi connectivity index (χ2n) is 8.52. The molecule has 5 nitrogen and oxygen atoms in total. The Bertz CT molecular complexity index is 1290. The molecule has 0 saturated heterocycles. The number of hydrogen-bond donors (Lipinski definition) is 2. The van der Waals surface area contributed by atoms with Gasteiger partial charge in [0, 0.05) is 22.5 Å². The molecule has 0 unspecified atom stereocenters. The maximum atomic E-state index is 12.8. The van der Waals surface area contributed by atoms with E-state index in [0.29, 0.717) is 11.3 Å². The number of rotatable bonds is 3. The van der Waals surface area contributed by atoms with Gasteiger partial charge in [-0.2, -0.15) is 0 Å². The Morgan fingerprint density at radius 3 is 2.30 bits per heavy atom. The monoisotopic (exact) mass is 403 g/mol. The fourth-order valence-corrected chi connectivity index (χ4v) is 3.72. The second-order valence-corrected chi connectivity index (χ2v) is 8.52. The number of ether oxygens (including phenoxy) is 1. The van der Waals surface area contributed by atoms with Crippen LogP contribution in [0.1, 0.15) is 32.1 Å². The van der Waals surface area contributed by atoms with Crippen LogP contribution in [-0.4, -0.2) is 17.2 Å². The lowest BCUT2D eigenvalue weighted by Gasteiger charge is -2.18. The predicted molar refractivity (Wildman–Crippen MR) is 119 cm³/mol. The van der Waals surface area contributed by atoms with E-state index in [-0.39, 0.29) is 16.7 Å². The Hall–Kier alpha value is -3.47. The summed E-state index contributed by atoms with van der Waals surface area (Å²) in [5.41, 5.74) is 3.87. The van der Waals surface area contributed by atoms with E-state index in [1.807, 2.05) is 30.3 Å². The predicted octanol–water partition coefficient (Wildman–Crippen LogP) is 5.78. The van der Waals surface area contributed by atoms with Gasteiger partial charge in [-0.3, -0.25) is 0 Å². The second kappa shape index (κ2) is 7.10. The largest absolute Gasteiger partial charge is 0.507 e. The summed E-state index contributed by atoms with van der Waals surface area (Å²) < 4.78 is 10.6. The SMILES string of the molecule is COc1ccc(-c2[nH]c3cc(C(C)(C)C)ccc3c2-c2c(O)cc(C)oc2=O)cc1. The molecule has 4 aromatic rings. The Labute approximate surface area is 175 Å². The number of aryl methyl sites for hydroxylation is 1. The van der Waals surface area contributed by atoms with Crippen molar-refractivity contribution >= 4 is 10.9 Å². The van der Waals surface area contributed by atoms with Gasteiger partial charge in [0.2, 0.25) is 0 Å². The molecule has 0 fully saturated rings. The number of aromatic amines is 1. The van der Waals surface area contributed by atoms with E-state index in [9.17, 15) is 9.90 Å². The standard InChI is InChI=1S/C25H25NO4/c1-14-12-20(27)22(24(28)30-14)21-18-11-8-16(25(2,3)4)13-19(18)26-23(21)15-6-9-17(29-5)10-7-15/h6-13,26-27H,1-5H3. The molecule has 0 aliphatic heterocycles. The van der Waals surface area contributed by atoms with Crippen molar-refractivity contribution in [3.8, 4) is 33.9 Å². The smallest absolute Gasteiger partial charge is 0.347 e. The minimum absolute atomic E-state index is 0.0231. The molecular formula is C25H25NO4. The molecular weight excluding hydrogens is 378 g/mol. The molecule has 2 N–H and O–H groups in total. The molecule has 4 rings (SSSR count). The van der Waals surface area contributed by atoms with E-state index in [4.69, 9.17) is 9.15 Å². The van der Waals surface area contributed by atoms with Gasteiger partial charge >= 0.3 is 5.63 Å². The summed E-state index contributed by atoms with van der Waals surface area (Å²) >= 11 is 0. The lowest BCUT2D eigenvalue weighted by Crippen LogP contribution is -2.10. The summed E-state index contributed by atoms with van der Waals surface area (Å²) in [7, 11) is 1.62. The molecule has 5 heteroatoms. The molecule has 0 amide bonds. The Morgan fingerprint density at radius 2 is 1.70 bits per heavy atom. The zero-order chi connectivity index (χ0) is 21.6. The van der Waals surface area contributed by atoms with Crippen LogP contribution in [0.5, 0.6) is 11.5 Å². The van der Waals surface area contributed by atoms with Crippen LogP contribution in [-0.2, 0) is 5.41 Å². The Balaban J connectivity index is 2.06. The molecule has 2 aromatic carbocycles. The van der Waals surface area contributed by atoms with Crippen molar-refractivity contribution in [2.75, 3.05) is 7.11 Å². The van der Waals surface area contributed by atoms with E-state index < -0.39 is 5.63 Å². The quantitative estimate of drug-likeness (QED) is 0.455. The van der Waals surface area contributed by atoms with Crippen LogP contribution >= 0.6 is 0 Å². The number of aromatic hydroxyl groups is 1. The van der Waals surface area contributed by atoms with Crippen LogP contribution in [0.25, 0.3) is 33.3 Å². The minimum atomic E-state index is -0.567. The van der Waals surface area contributed by atoms with Crippen LogP contribution in [0.3, 0.4) is 0 Å². The van der Waals surface area contributed by atoms with Crippen molar-refractivity contribution in [2.24, 2.45) is 0 Å². The summed E-state index contributed by atoms with van der Waals surface area (Å²) in [6.07, 6.45) is 0. The molecule has 0 aliphatic carbocycles. The zero-order valence-electron chi connectivity index (χ0n) is 17.8. The van der Waals surface area contributed by atoms with Crippen LogP contribution in [0.2, 0.25) is 0 Å². The minimum Gasteiger partial charge on any atom is -0.507 e. The lowest BCUT2D eigenvalue weighted by molar-refractivity contribution is 0.415. The van der Waals surface area contributed by atoms with Crippen LogP contribution in [0, 0.1) is 6.92 Å². The van der Waals surface area contributed by atoms with E-state index in [1.54, 1.807) is 14.0 Å². The van der Waals surface area contributed by atoms with E-state index >= 15 is 0 Å². The van der Waals surface area contributed by atoms with E-state index in [2.05, 4.69) is 37.9 Å². The van der Waals surface area contributed by atoms with Gasteiger partial charge in [0.15, 0.2) is 0 Å². The normalized spacial score (nSPS) is 11.8. The number of benzene rings is 2. The van der Waals surface area contributed by atoms with Crippen molar-refractivity contribution in [1.29, 1.82) is 0 Å². The first-order valence-electron chi connectivity index (χ1n) is 9.84. The summed E-state index contributed by atoms with van der Waals surface area (Å²) in [5, 5.41) is 11.5. The maximum absolute atomic E-state index is 12.8. The molecule has 154 valence electrons. The van der Waals surface area contributed by atoms with E-state index in [0.717, 1.165) is 27.9 Å².